The molecule has 3 rings (SSSR count). The quantitative estimate of drug-likeness (QED) is 0.478. The molecule has 3 saturated carbocycles. The largest absolute Gasteiger partial charge is 0.393 e. The second-order valence-electron chi connectivity index (χ2n) is 10.4. The summed E-state index contributed by atoms with van der Waals surface area (Å²) in [5, 5.41) is 9.93. The first-order chi connectivity index (χ1) is 12.5. The fourth-order valence-corrected chi connectivity index (χ4v) is 6.61. The van der Waals surface area contributed by atoms with E-state index in [2.05, 4.69) is 26.8 Å². The Morgan fingerprint density at radius 1 is 0.962 bits per heavy atom. The van der Waals surface area contributed by atoms with Gasteiger partial charge in [-0.25, -0.2) is 0 Å². The third-order valence-electron chi connectivity index (χ3n) is 8.07. The molecule has 0 radical (unpaired) electrons. The number of hydrogen-bond acceptors (Lipinski definition) is 1. The zero-order valence-corrected chi connectivity index (χ0v) is 17.8. The predicted octanol–water partition coefficient (Wildman–Crippen LogP) is 7.14. The summed E-state index contributed by atoms with van der Waals surface area (Å²) in [6.07, 6.45) is 19.9. The molecule has 1 nitrogen and oxygen atoms in total. The maximum absolute atomic E-state index is 9.93. The van der Waals surface area contributed by atoms with Crippen molar-refractivity contribution in [2.24, 2.45) is 35.5 Å². The highest BCUT2D eigenvalue weighted by atomic mass is 16.3. The summed E-state index contributed by atoms with van der Waals surface area (Å²) in [6, 6.07) is 0. The van der Waals surface area contributed by atoms with Gasteiger partial charge in [0.25, 0.3) is 0 Å². The molecule has 26 heavy (non-hydrogen) atoms. The van der Waals surface area contributed by atoms with Crippen molar-refractivity contribution in [1.82, 2.24) is 0 Å². The van der Waals surface area contributed by atoms with Crippen LogP contribution >= 0.6 is 0 Å². The van der Waals surface area contributed by atoms with E-state index in [0.717, 1.165) is 48.3 Å². The molecule has 0 heterocycles. The van der Waals surface area contributed by atoms with Crippen LogP contribution in [0.4, 0.5) is 0 Å². The summed E-state index contributed by atoms with van der Waals surface area (Å²) < 4.78 is 0. The van der Waals surface area contributed by atoms with Gasteiger partial charge in [0.15, 0.2) is 0 Å². The lowest BCUT2D eigenvalue weighted by Crippen LogP contribution is -2.29. The molecule has 6 unspecified atom stereocenters. The normalized spacial score (nSPS) is 37.9. The Balaban J connectivity index is 1.51. The highest BCUT2D eigenvalue weighted by molar-refractivity contribution is 5.07. The van der Waals surface area contributed by atoms with Crippen molar-refractivity contribution >= 4 is 0 Å². The van der Waals surface area contributed by atoms with Crippen molar-refractivity contribution in [2.45, 2.75) is 110 Å². The van der Waals surface area contributed by atoms with Gasteiger partial charge in [0.05, 0.1) is 6.10 Å². The minimum Gasteiger partial charge on any atom is -0.393 e. The summed E-state index contributed by atoms with van der Waals surface area (Å²) in [5.74, 6) is 5.79. The Morgan fingerprint density at radius 3 is 2.58 bits per heavy atom. The first kappa shape index (κ1) is 20.4. The number of rotatable bonds is 7. The average molecular weight is 361 g/mol. The van der Waals surface area contributed by atoms with Crippen molar-refractivity contribution in [3.05, 3.63) is 11.6 Å². The minimum atomic E-state index is -0.0587. The third-order valence-corrected chi connectivity index (χ3v) is 8.07. The van der Waals surface area contributed by atoms with E-state index in [1.807, 2.05) is 0 Å². The van der Waals surface area contributed by atoms with Gasteiger partial charge in [0, 0.05) is 0 Å². The average Bonchev–Trinajstić information content (AvgIpc) is 3.04. The van der Waals surface area contributed by atoms with Gasteiger partial charge in [0.2, 0.25) is 0 Å². The van der Waals surface area contributed by atoms with E-state index in [1.54, 1.807) is 5.57 Å². The number of aliphatic hydroxyl groups is 1. The molecule has 1 heteroatoms. The molecule has 0 amide bonds. The van der Waals surface area contributed by atoms with E-state index in [4.69, 9.17) is 0 Å². The maximum atomic E-state index is 9.93. The molecule has 3 aliphatic rings. The van der Waals surface area contributed by atoms with Crippen LogP contribution in [0.3, 0.4) is 0 Å². The van der Waals surface area contributed by atoms with Crippen molar-refractivity contribution in [3.63, 3.8) is 0 Å². The summed E-state index contributed by atoms with van der Waals surface area (Å²) in [5.41, 5.74) is 1.56. The Bertz CT molecular complexity index is 451. The number of hydrogen-bond donors (Lipinski definition) is 1. The Kier molecular flexibility index (Phi) is 7.67. The van der Waals surface area contributed by atoms with Gasteiger partial charge >= 0.3 is 0 Å². The van der Waals surface area contributed by atoms with Crippen LogP contribution < -0.4 is 0 Å². The fraction of sp³-hybridized carbons (Fsp3) is 0.920. The predicted molar refractivity (Wildman–Crippen MR) is 112 cm³/mol. The topological polar surface area (TPSA) is 20.2 Å². The zero-order chi connectivity index (χ0) is 18.5. The lowest BCUT2D eigenvalue weighted by molar-refractivity contribution is 0.127. The molecule has 0 aromatic carbocycles. The molecule has 0 aliphatic heterocycles. The Morgan fingerprint density at radius 2 is 1.81 bits per heavy atom. The minimum absolute atomic E-state index is 0.0587. The molecule has 0 saturated heterocycles. The Hall–Kier alpha value is -0.300. The van der Waals surface area contributed by atoms with Gasteiger partial charge < -0.3 is 5.11 Å². The summed E-state index contributed by atoms with van der Waals surface area (Å²) in [4.78, 5) is 0. The number of aliphatic hydroxyl groups excluding tert-OH is 1. The molecular weight excluding hydrogens is 316 g/mol. The maximum Gasteiger partial charge on any atom is 0.0577 e. The molecule has 0 aromatic heterocycles. The van der Waals surface area contributed by atoms with E-state index >= 15 is 0 Å². The lowest BCUT2D eigenvalue weighted by atomic mass is 9.68. The first-order valence-corrected chi connectivity index (χ1v) is 11.9. The molecule has 0 aromatic rings. The van der Waals surface area contributed by atoms with E-state index in [1.165, 1.54) is 70.6 Å². The molecule has 0 bridgehead atoms. The van der Waals surface area contributed by atoms with E-state index in [-0.39, 0.29) is 6.10 Å². The first-order valence-electron chi connectivity index (χ1n) is 11.9. The van der Waals surface area contributed by atoms with Crippen LogP contribution in [0.2, 0.25) is 0 Å². The van der Waals surface area contributed by atoms with Gasteiger partial charge in [-0.3, -0.25) is 0 Å². The van der Waals surface area contributed by atoms with Crippen LogP contribution in [0.5, 0.6) is 0 Å². The molecule has 0 spiro atoms. The van der Waals surface area contributed by atoms with Crippen LogP contribution in [-0.2, 0) is 0 Å². The zero-order valence-electron chi connectivity index (χ0n) is 17.8. The molecular formula is C25H44O. The van der Waals surface area contributed by atoms with Gasteiger partial charge in [-0.2, -0.15) is 0 Å². The molecule has 3 aliphatic carbocycles. The van der Waals surface area contributed by atoms with Gasteiger partial charge in [-0.1, -0.05) is 58.1 Å². The third kappa shape index (κ3) is 5.37. The smallest absolute Gasteiger partial charge is 0.0577 e. The summed E-state index contributed by atoms with van der Waals surface area (Å²) in [7, 11) is 0. The molecule has 3 fully saturated rings. The van der Waals surface area contributed by atoms with E-state index in [9.17, 15) is 5.11 Å². The van der Waals surface area contributed by atoms with Crippen molar-refractivity contribution in [2.75, 3.05) is 0 Å². The van der Waals surface area contributed by atoms with Gasteiger partial charge in [-0.05, 0) is 93.3 Å². The van der Waals surface area contributed by atoms with Crippen LogP contribution in [-0.4, -0.2) is 11.2 Å². The van der Waals surface area contributed by atoms with Crippen LogP contribution in [0.1, 0.15) is 104 Å². The van der Waals surface area contributed by atoms with Gasteiger partial charge in [-0.15, -0.1) is 0 Å². The number of fused-ring (bicyclic) bond motifs is 1. The highest BCUT2D eigenvalue weighted by Crippen LogP contribution is 2.52. The van der Waals surface area contributed by atoms with Gasteiger partial charge in [0.1, 0.15) is 0 Å². The number of allylic oxidation sites excluding steroid dienone is 1. The summed E-state index contributed by atoms with van der Waals surface area (Å²) in [6.45, 7) is 7.28. The fourth-order valence-electron chi connectivity index (χ4n) is 6.61. The van der Waals surface area contributed by atoms with Crippen LogP contribution in [0.25, 0.3) is 0 Å². The van der Waals surface area contributed by atoms with Crippen LogP contribution in [0.15, 0.2) is 11.6 Å². The second kappa shape index (κ2) is 9.76. The molecule has 6 atom stereocenters. The SMILES string of the molecule is CC(C)CCCC(C)C1CCC2C(C/C=C3\CCCC(O)C3)CCCC12. The standard InChI is InChI=1S/C25H44O/c1-18(2)7-4-8-19(3)23-15-16-24-21(10-6-12-25(23)24)14-13-20-9-5-11-22(26)17-20/h13,18-19,21-26H,4-12,14-17H2,1-3H3/b20-13+. The molecule has 150 valence electrons. The van der Waals surface area contributed by atoms with Crippen molar-refractivity contribution in [3.8, 4) is 0 Å². The lowest BCUT2D eigenvalue weighted by Gasteiger charge is -2.38. The Labute approximate surface area is 163 Å². The monoisotopic (exact) mass is 360 g/mol. The van der Waals surface area contributed by atoms with Crippen molar-refractivity contribution < 1.29 is 5.11 Å². The van der Waals surface area contributed by atoms with E-state index in [0.29, 0.717) is 0 Å². The van der Waals surface area contributed by atoms with E-state index < -0.39 is 0 Å². The highest BCUT2D eigenvalue weighted by Gasteiger charge is 2.43. The second-order valence-corrected chi connectivity index (χ2v) is 10.4. The van der Waals surface area contributed by atoms with Crippen LogP contribution in [0, 0.1) is 35.5 Å². The van der Waals surface area contributed by atoms with Crippen molar-refractivity contribution in [1.29, 1.82) is 0 Å². The molecule has 1 N–H and O–H groups in total. The summed E-state index contributed by atoms with van der Waals surface area (Å²) >= 11 is 0.